The van der Waals surface area contributed by atoms with E-state index in [9.17, 15) is 4.79 Å². The number of nitrogens with zero attached hydrogens (tertiary/aromatic N) is 1. The van der Waals surface area contributed by atoms with Crippen molar-refractivity contribution in [3.63, 3.8) is 0 Å². The van der Waals surface area contributed by atoms with Crippen LogP contribution in [0.5, 0.6) is 0 Å². The molecular weight excluding hydrogens is 230 g/mol. The lowest BCUT2D eigenvalue weighted by Crippen LogP contribution is -2.00. The van der Waals surface area contributed by atoms with Crippen LogP contribution in [0.1, 0.15) is 42.2 Å². The molecule has 0 bridgehead atoms. The lowest BCUT2D eigenvalue weighted by Gasteiger charge is -2.09. The van der Waals surface area contributed by atoms with Gasteiger partial charge >= 0.3 is 0 Å². The van der Waals surface area contributed by atoms with Crippen molar-refractivity contribution in [3.8, 4) is 0 Å². The molecule has 2 nitrogen and oxygen atoms in total. The Morgan fingerprint density at radius 3 is 2.69 bits per heavy atom. The highest BCUT2D eigenvalue weighted by Gasteiger charge is 2.25. The van der Waals surface area contributed by atoms with Gasteiger partial charge in [-0.15, -0.1) is 0 Å². The molecule has 13 heavy (non-hydrogen) atoms. The standard InChI is InChI=1S/C10H12BrNO/c1-6(2)12-5-8-7(10(12)11)3-4-9(8)13/h5-6H,3-4H2,1-2H3. The first-order valence-corrected chi connectivity index (χ1v) is 5.33. The van der Waals surface area contributed by atoms with Gasteiger partial charge in [-0.3, -0.25) is 4.79 Å². The topological polar surface area (TPSA) is 22.0 Å². The summed E-state index contributed by atoms with van der Waals surface area (Å²) in [6, 6.07) is 0.410. The Balaban J connectivity index is 2.55. The van der Waals surface area contributed by atoms with Gasteiger partial charge in [-0.05, 0) is 41.8 Å². The van der Waals surface area contributed by atoms with Crippen LogP contribution in [-0.4, -0.2) is 10.4 Å². The normalized spacial score (nSPS) is 15.5. The lowest BCUT2D eigenvalue weighted by molar-refractivity contribution is 0.0994. The predicted octanol–water partition coefficient (Wildman–Crippen LogP) is 2.96. The highest BCUT2D eigenvalue weighted by Crippen LogP contribution is 2.32. The van der Waals surface area contributed by atoms with Crippen LogP contribution in [0.15, 0.2) is 10.8 Å². The van der Waals surface area contributed by atoms with E-state index >= 15 is 0 Å². The quantitative estimate of drug-likeness (QED) is 0.742. The number of fused-ring (bicyclic) bond motifs is 1. The zero-order valence-electron chi connectivity index (χ0n) is 7.80. The Bertz CT molecular complexity index is 365. The van der Waals surface area contributed by atoms with Gasteiger partial charge in [-0.1, -0.05) is 0 Å². The first kappa shape index (κ1) is 9.00. The number of rotatable bonds is 1. The molecule has 0 saturated heterocycles. The molecule has 0 aromatic carbocycles. The molecule has 0 amide bonds. The number of carbonyl (C=O) groups excluding carboxylic acids is 1. The third-order valence-electron chi connectivity index (χ3n) is 2.53. The molecule has 0 atom stereocenters. The smallest absolute Gasteiger partial charge is 0.165 e. The van der Waals surface area contributed by atoms with E-state index in [1.165, 1.54) is 5.56 Å². The van der Waals surface area contributed by atoms with Crippen molar-refractivity contribution >= 4 is 21.7 Å². The van der Waals surface area contributed by atoms with Crippen molar-refractivity contribution in [1.29, 1.82) is 0 Å². The highest BCUT2D eigenvalue weighted by atomic mass is 79.9. The molecule has 1 aliphatic rings. The fourth-order valence-corrected chi connectivity index (χ4v) is 2.69. The molecule has 2 rings (SSSR count). The van der Waals surface area contributed by atoms with Crippen LogP contribution in [0.3, 0.4) is 0 Å². The van der Waals surface area contributed by atoms with Crippen LogP contribution < -0.4 is 0 Å². The minimum atomic E-state index is 0.287. The Morgan fingerprint density at radius 1 is 1.46 bits per heavy atom. The number of Topliss-reactive ketones (excluding diaryl/α,β-unsaturated/α-hetero) is 1. The molecule has 0 radical (unpaired) electrons. The molecule has 0 saturated carbocycles. The summed E-state index contributed by atoms with van der Waals surface area (Å²) in [5.41, 5.74) is 2.11. The minimum Gasteiger partial charge on any atom is -0.339 e. The summed E-state index contributed by atoms with van der Waals surface area (Å²) in [4.78, 5) is 11.4. The van der Waals surface area contributed by atoms with Gasteiger partial charge in [0.2, 0.25) is 0 Å². The van der Waals surface area contributed by atoms with Crippen LogP contribution in [0, 0.1) is 0 Å². The highest BCUT2D eigenvalue weighted by molar-refractivity contribution is 9.10. The number of ketones is 1. The van der Waals surface area contributed by atoms with E-state index in [0.29, 0.717) is 12.5 Å². The molecule has 3 heteroatoms. The maximum Gasteiger partial charge on any atom is 0.165 e. The van der Waals surface area contributed by atoms with Crippen LogP contribution in [0.2, 0.25) is 0 Å². The number of hydrogen-bond acceptors (Lipinski definition) is 1. The van der Waals surface area contributed by atoms with Gasteiger partial charge in [-0.25, -0.2) is 0 Å². The molecule has 1 aliphatic carbocycles. The van der Waals surface area contributed by atoms with Gasteiger partial charge in [0.25, 0.3) is 0 Å². The number of halogens is 1. The molecule has 0 aliphatic heterocycles. The molecule has 0 N–H and O–H groups in total. The van der Waals surface area contributed by atoms with Gasteiger partial charge in [0, 0.05) is 24.2 Å². The molecule has 0 spiro atoms. The summed E-state index contributed by atoms with van der Waals surface area (Å²) < 4.78 is 3.20. The molecule has 1 aromatic heterocycles. The maximum absolute atomic E-state index is 11.4. The monoisotopic (exact) mass is 241 g/mol. The van der Waals surface area contributed by atoms with E-state index in [2.05, 4.69) is 34.3 Å². The molecule has 70 valence electrons. The SMILES string of the molecule is CC(C)n1cc2c(c1Br)CCC2=O. The summed E-state index contributed by atoms with van der Waals surface area (Å²) in [5, 5.41) is 0. The third kappa shape index (κ3) is 1.26. The van der Waals surface area contributed by atoms with Gasteiger partial charge in [-0.2, -0.15) is 0 Å². The summed E-state index contributed by atoms with van der Waals surface area (Å²) in [7, 11) is 0. The van der Waals surface area contributed by atoms with E-state index in [-0.39, 0.29) is 5.78 Å². The fourth-order valence-electron chi connectivity index (χ4n) is 1.77. The van der Waals surface area contributed by atoms with Crippen LogP contribution in [0.25, 0.3) is 0 Å². The van der Waals surface area contributed by atoms with Crippen molar-refractivity contribution in [2.75, 3.05) is 0 Å². The molecule has 0 unspecified atom stereocenters. The van der Waals surface area contributed by atoms with Crippen LogP contribution >= 0.6 is 15.9 Å². The van der Waals surface area contributed by atoms with Gasteiger partial charge in [0.1, 0.15) is 0 Å². The van der Waals surface area contributed by atoms with E-state index in [1.54, 1.807) is 0 Å². The van der Waals surface area contributed by atoms with Gasteiger partial charge in [0.05, 0.1) is 4.60 Å². The van der Waals surface area contributed by atoms with Crippen molar-refractivity contribution in [1.82, 2.24) is 4.57 Å². The summed E-state index contributed by atoms with van der Waals surface area (Å²) >= 11 is 3.54. The van der Waals surface area contributed by atoms with Crippen molar-refractivity contribution in [2.45, 2.75) is 32.7 Å². The summed E-state index contributed by atoms with van der Waals surface area (Å²) in [6.07, 6.45) is 3.55. The second-order valence-electron chi connectivity index (χ2n) is 3.74. The van der Waals surface area contributed by atoms with E-state index in [0.717, 1.165) is 16.6 Å². The largest absolute Gasteiger partial charge is 0.339 e. The maximum atomic E-state index is 11.4. The zero-order chi connectivity index (χ0) is 9.59. The zero-order valence-corrected chi connectivity index (χ0v) is 9.39. The minimum absolute atomic E-state index is 0.287. The molecule has 1 heterocycles. The number of aromatic nitrogens is 1. The second kappa shape index (κ2) is 2.98. The molecule has 0 fully saturated rings. The summed E-state index contributed by atoms with van der Waals surface area (Å²) in [5.74, 6) is 0.287. The van der Waals surface area contributed by atoms with Crippen molar-refractivity contribution in [2.24, 2.45) is 0 Å². The van der Waals surface area contributed by atoms with Crippen LogP contribution in [-0.2, 0) is 6.42 Å². The third-order valence-corrected chi connectivity index (χ3v) is 3.42. The van der Waals surface area contributed by atoms with Crippen LogP contribution in [0.4, 0.5) is 0 Å². The van der Waals surface area contributed by atoms with Gasteiger partial charge < -0.3 is 4.57 Å². The first-order valence-electron chi connectivity index (χ1n) is 4.53. The predicted molar refractivity (Wildman–Crippen MR) is 55.2 cm³/mol. The Hall–Kier alpha value is -0.570. The van der Waals surface area contributed by atoms with Crippen molar-refractivity contribution in [3.05, 3.63) is 21.9 Å². The van der Waals surface area contributed by atoms with E-state index in [4.69, 9.17) is 0 Å². The fraction of sp³-hybridized carbons (Fsp3) is 0.500. The summed E-state index contributed by atoms with van der Waals surface area (Å²) in [6.45, 7) is 4.23. The Labute approximate surface area is 86.1 Å². The average Bonchev–Trinajstić information content (AvgIpc) is 2.55. The lowest BCUT2D eigenvalue weighted by atomic mass is 10.2. The van der Waals surface area contributed by atoms with Gasteiger partial charge in [0.15, 0.2) is 5.78 Å². The Kier molecular flexibility index (Phi) is 2.06. The average molecular weight is 242 g/mol. The van der Waals surface area contributed by atoms with E-state index in [1.807, 2.05) is 6.20 Å². The second-order valence-corrected chi connectivity index (χ2v) is 4.49. The Morgan fingerprint density at radius 2 is 2.15 bits per heavy atom. The molecular formula is C10H12BrNO. The number of carbonyl (C=O) groups is 1. The molecule has 1 aromatic rings. The number of hydrogen-bond donors (Lipinski definition) is 0. The van der Waals surface area contributed by atoms with Crippen molar-refractivity contribution < 1.29 is 4.79 Å². The van der Waals surface area contributed by atoms with E-state index < -0.39 is 0 Å². The first-order chi connectivity index (χ1) is 6.11.